The van der Waals surface area contributed by atoms with Crippen molar-refractivity contribution in [3.63, 3.8) is 0 Å². The molecule has 0 spiro atoms. The predicted molar refractivity (Wildman–Crippen MR) is 141 cm³/mol. The minimum Gasteiger partial charge on any atom is -0.494 e. The molecule has 7 heteroatoms. The Bertz CT molecular complexity index is 837. The average Bonchev–Trinajstić information content (AvgIpc) is 2.81. The zero-order valence-electron chi connectivity index (χ0n) is 19.4. The van der Waals surface area contributed by atoms with Crippen LogP contribution in [0.15, 0.2) is 53.5 Å². The predicted octanol–water partition coefficient (Wildman–Crippen LogP) is 4.52. The van der Waals surface area contributed by atoms with Crippen LogP contribution in [0.1, 0.15) is 37.8 Å². The summed E-state index contributed by atoms with van der Waals surface area (Å²) in [5.41, 5.74) is 2.42. The van der Waals surface area contributed by atoms with Crippen LogP contribution in [0.25, 0.3) is 0 Å². The molecule has 2 aromatic carbocycles. The minimum absolute atomic E-state index is 0. The Morgan fingerprint density at radius 1 is 0.969 bits per heavy atom. The third-order valence-electron chi connectivity index (χ3n) is 5.76. The molecular formula is C25H36IN3O3. The van der Waals surface area contributed by atoms with E-state index in [4.69, 9.17) is 14.2 Å². The Labute approximate surface area is 209 Å². The number of hydrogen-bond donors (Lipinski definition) is 2. The van der Waals surface area contributed by atoms with E-state index in [1.54, 1.807) is 7.05 Å². The van der Waals surface area contributed by atoms with Crippen LogP contribution in [0.4, 0.5) is 0 Å². The molecule has 1 fully saturated rings. The maximum absolute atomic E-state index is 5.73. The summed E-state index contributed by atoms with van der Waals surface area (Å²) in [5, 5.41) is 6.98. The molecule has 0 bridgehead atoms. The monoisotopic (exact) mass is 553 g/mol. The van der Waals surface area contributed by atoms with Crippen molar-refractivity contribution in [1.82, 2.24) is 10.6 Å². The maximum atomic E-state index is 5.73. The Morgan fingerprint density at radius 2 is 1.66 bits per heavy atom. The van der Waals surface area contributed by atoms with Gasteiger partial charge in [0.25, 0.3) is 0 Å². The van der Waals surface area contributed by atoms with Gasteiger partial charge >= 0.3 is 0 Å². The first-order valence-corrected chi connectivity index (χ1v) is 11.2. The van der Waals surface area contributed by atoms with Crippen LogP contribution >= 0.6 is 24.0 Å². The van der Waals surface area contributed by atoms with Crippen LogP contribution in [-0.2, 0) is 16.7 Å². The van der Waals surface area contributed by atoms with E-state index in [0.717, 1.165) is 55.6 Å². The molecule has 0 atom stereocenters. The lowest BCUT2D eigenvalue weighted by Gasteiger charge is -2.38. The second-order valence-corrected chi connectivity index (χ2v) is 7.67. The molecule has 2 N–H and O–H groups in total. The van der Waals surface area contributed by atoms with Crippen molar-refractivity contribution < 1.29 is 14.2 Å². The molecule has 0 amide bonds. The number of rotatable bonds is 9. The van der Waals surface area contributed by atoms with E-state index < -0.39 is 0 Å². The van der Waals surface area contributed by atoms with Crippen LogP contribution in [0.2, 0.25) is 0 Å². The molecule has 176 valence electrons. The second kappa shape index (κ2) is 13.5. The molecule has 2 aromatic rings. The number of halogens is 1. The third-order valence-corrected chi connectivity index (χ3v) is 5.76. The number of para-hydroxylation sites is 1. The van der Waals surface area contributed by atoms with Crippen molar-refractivity contribution >= 4 is 29.9 Å². The van der Waals surface area contributed by atoms with Gasteiger partial charge in [0.1, 0.15) is 11.5 Å². The molecular weight excluding hydrogens is 517 g/mol. The van der Waals surface area contributed by atoms with Gasteiger partial charge in [0.15, 0.2) is 5.96 Å². The minimum atomic E-state index is 0. The van der Waals surface area contributed by atoms with Gasteiger partial charge in [-0.05, 0) is 50.5 Å². The molecule has 1 heterocycles. The van der Waals surface area contributed by atoms with Crippen molar-refractivity contribution in [3.8, 4) is 11.5 Å². The number of benzene rings is 2. The highest BCUT2D eigenvalue weighted by Gasteiger charge is 2.34. The van der Waals surface area contributed by atoms with Gasteiger partial charge in [-0.15, -0.1) is 24.0 Å². The van der Waals surface area contributed by atoms with Gasteiger partial charge in [-0.2, -0.15) is 0 Å². The highest BCUT2D eigenvalue weighted by molar-refractivity contribution is 14.0. The lowest BCUT2D eigenvalue weighted by Crippen LogP contribution is -2.47. The summed E-state index contributed by atoms with van der Waals surface area (Å²) in [7, 11) is 1.80. The highest BCUT2D eigenvalue weighted by atomic mass is 127. The zero-order valence-corrected chi connectivity index (χ0v) is 21.7. The fourth-order valence-corrected chi connectivity index (χ4v) is 4.00. The summed E-state index contributed by atoms with van der Waals surface area (Å²) < 4.78 is 17.0. The summed E-state index contributed by atoms with van der Waals surface area (Å²) in [6, 6.07) is 16.6. The summed E-state index contributed by atoms with van der Waals surface area (Å²) in [6.45, 7) is 8.30. The van der Waals surface area contributed by atoms with E-state index >= 15 is 0 Å². The molecule has 1 aliphatic rings. The van der Waals surface area contributed by atoms with E-state index in [1.165, 1.54) is 5.56 Å². The molecule has 3 rings (SSSR count). The molecule has 1 saturated heterocycles. The Kier molecular flexibility index (Phi) is 11.1. The molecule has 1 aliphatic heterocycles. The fourth-order valence-electron chi connectivity index (χ4n) is 4.00. The first-order valence-electron chi connectivity index (χ1n) is 11.2. The molecule has 0 radical (unpaired) electrons. The number of nitrogens with one attached hydrogen (secondary N) is 2. The van der Waals surface area contributed by atoms with Crippen molar-refractivity contribution in [2.45, 2.75) is 38.6 Å². The smallest absolute Gasteiger partial charge is 0.191 e. The summed E-state index contributed by atoms with van der Waals surface area (Å²) in [5.74, 6) is 2.60. The molecule has 0 aromatic heterocycles. The van der Waals surface area contributed by atoms with E-state index in [2.05, 4.69) is 46.0 Å². The fraction of sp³-hybridized carbons (Fsp3) is 0.480. The quantitative estimate of drug-likeness (QED) is 0.272. The number of aliphatic imine (C=N–C) groups is 1. The topological polar surface area (TPSA) is 64.1 Å². The zero-order chi connectivity index (χ0) is 21.9. The van der Waals surface area contributed by atoms with Crippen molar-refractivity contribution in [3.05, 3.63) is 59.7 Å². The van der Waals surface area contributed by atoms with Gasteiger partial charge in [-0.25, -0.2) is 0 Å². The molecule has 0 aliphatic carbocycles. The Balaban J connectivity index is 0.00000363. The maximum Gasteiger partial charge on any atom is 0.191 e. The van der Waals surface area contributed by atoms with Gasteiger partial charge in [-0.1, -0.05) is 30.3 Å². The van der Waals surface area contributed by atoms with E-state index in [-0.39, 0.29) is 29.4 Å². The van der Waals surface area contributed by atoms with Crippen LogP contribution in [0.3, 0.4) is 0 Å². The number of guanidine groups is 1. The van der Waals surface area contributed by atoms with Gasteiger partial charge < -0.3 is 24.8 Å². The lowest BCUT2D eigenvalue weighted by atomic mass is 9.74. The van der Waals surface area contributed by atoms with E-state index in [0.29, 0.717) is 19.8 Å². The second-order valence-electron chi connectivity index (χ2n) is 7.67. The normalized spacial score (nSPS) is 15.4. The van der Waals surface area contributed by atoms with Gasteiger partial charge in [0, 0.05) is 44.3 Å². The first kappa shape index (κ1) is 26.3. The van der Waals surface area contributed by atoms with E-state index in [9.17, 15) is 0 Å². The van der Waals surface area contributed by atoms with Crippen LogP contribution in [0.5, 0.6) is 11.5 Å². The molecule has 0 saturated carbocycles. The van der Waals surface area contributed by atoms with Crippen LogP contribution in [0, 0.1) is 0 Å². The van der Waals surface area contributed by atoms with E-state index in [1.807, 2.05) is 32.0 Å². The number of nitrogens with zero attached hydrogens (tertiary/aromatic N) is 1. The summed E-state index contributed by atoms with van der Waals surface area (Å²) in [6.07, 6.45) is 1.94. The molecule has 6 nitrogen and oxygen atoms in total. The SMILES string of the molecule is CCOc1ccc(C2(CNC(=NC)NCc3ccccc3OCC)CCOCC2)cc1.I. The Morgan fingerprint density at radius 3 is 2.31 bits per heavy atom. The highest BCUT2D eigenvalue weighted by Crippen LogP contribution is 2.35. The molecule has 32 heavy (non-hydrogen) atoms. The molecule has 0 unspecified atom stereocenters. The Hall–Kier alpha value is -2.00. The van der Waals surface area contributed by atoms with Crippen molar-refractivity contribution in [1.29, 1.82) is 0 Å². The summed E-state index contributed by atoms with van der Waals surface area (Å²) >= 11 is 0. The number of ether oxygens (including phenoxy) is 3. The van der Waals surface area contributed by atoms with Crippen LogP contribution < -0.4 is 20.1 Å². The standard InChI is InChI=1S/C25H35N3O3.HI/c1-4-30-22-12-10-21(11-13-22)25(14-16-29-17-15-25)19-28-24(26-3)27-18-20-8-6-7-9-23(20)31-5-2;/h6-13H,4-5,14-19H2,1-3H3,(H2,26,27,28);1H. The third kappa shape index (κ3) is 7.00. The van der Waals surface area contributed by atoms with Crippen LogP contribution in [-0.4, -0.2) is 46.0 Å². The van der Waals surface area contributed by atoms with Gasteiger partial charge in [-0.3, -0.25) is 4.99 Å². The van der Waals surface area contributed by atoms with Gasteiger partial charge in [0.05, 0.1) is 13.2 Å². The average molecular weight is 553 g/mol. The largest absolute Gasteiger partial charge is 0.494 e. The summed E-state index contributed by atoms with van der Waals surface area (Å²) in [4.78, 5) is 4.43. The lowest BCUT2D eigenvalue weighted by molar-refractivity contribution is 0.0513. The van der Waals surface area contributed by atoms with Crippen molar-refractivity contribution in [2.75, 3.05) is 40.0 Å². The number of hydrogen-bond acceptors (Lipinski definition) is 4. The first-order chi connectivity index (χ1) is 15.2. The van der Waals surface area contributed by atoms with Gasteiger partial charge in [0.2, 0.25) is 0 Å². The van der Waals surface area contributed by atoms with Crippen molar-refractivity contribution in [2.24, 2.45) is 4.99 Å².